The Morgan fingerprint density at radius 3 is 2.75 bits per heavy atom. The Bertz CT molecular complexity index is 1820. The van der Waals surface area contributed by atoms with E-state index in [1.807, 2.05) is 6.07 Å². The van der Waals surface area contributed by atoms with Crippen molar-refractivity contribution in [3.8, 4) is 0 Å². The van der Waals surface area contributed by atoms with Gasteiger partial charge in [0.25, 0.3) is 5.91 Å². The molecule has 1 aliphatic carbocycles. The molecule has 4 aromatic rings. The zero-order chi connectivity index (χ0) is 30.8. The van der Waals surface area contributed by atoms with Crippen LogP contribution in [0.2, 0.25) is 0 Å². The predicted molar refractivity (Wildman–Crippen MR) is 147 cm³/mol. The van der Waals surface area contributed by atoms with Crippen molar-refractivity contribution in [2.75, 3.05) is 5.32 Å². The largest absolute Gasteiger partial charge is 0.389 e. The Balaban J connectivity index is 1.17. The summed E-state index contributed by atoms with van der Waals surface area (Å²) < 4.78 is 69.6. The third-order valence-corrected chi connectivity index (χ3v) is 8.87. The minimum atomic E-state index is -4.39. The van der Waals surface area contributed by atoms with Crippen molar-refractivity contribution < 1.29 is 31.5 Å². The molecular weight excluding hydrogens is 583 g/mol. The second-order valence-electron chi connectivity index (χ2n) is 11.6. The van der Waals surface area contributed by atoms with Crippen LogP contribution in [-0.4, -0.2) is 37.5 Å². The average molecular weight is 609 g/mol. The fourth-order valence-corrected chi connectivity index (χ4v) is 6.74. The molecule has 0 radical (unpaired) electrons. The summed E-state index contributed by atoms with van der Waals surface area (Å²) in [5.74, 6) is -2.56. The molecule has 0 saturated heterocycles. The lowest BCUT2D eigenvalue weighted by molar-refractivity contribution is -0.134. The molecule has 2 aliphatic heterocycles. The zero-order valence-corrected chi connectivity index (χ0v) is 23.1. The number of hydrogen-bond acceptors (Lipinski definition) is 5. The summed E-state index contributed by atoms with van der Waals surface area (Å²) in [5, 5.41) is 5.73. The van der Waals surface area contributed by atoms with Gasteiger partial charge in [-0.05, 0) is 48.6 Å². The van der Waals surface area contributed by atoms with Gasteiger partial charge in [0, 0.05) is 60.8 Å². The molecule has 1 aromatic carbocycles. The quantitative estimate of drug-likeness (QED) is 0.308. The number of fused-ring (bicyclic) bond motifs is 4. The molecular formula is C31H25F5N6O2. The smallest absolute Gasteiger partial charge is 0.342 e. The van der Waals surface area contributed by atoms with Crippen molar-refractivity contribution >= 4 is 17.6 Å². The monoisotopic (exact) mass is 608 g/mol. The first-order chi connectivity index (χ1) is 21.0. The second kappa shape index (κ2) is 10.2. The molecule has 0 fully saturated rings. The number of alkyl halides is 3. The van der Waals surface area contributed by atoms with Gasteiger partial charge in [0.1, 0.15) is 11.6 Å². The SMILES string of the molecule is O=C(N[C@H]1C[C@@H](c2cccc(F)c2F)Cn2c(CCC(F)(F)F)cnc21)c1cnc2c(c1)CC1(C2)C(=O)Nc2ncccc21. The van der Waals surface area contributed by atoms with Crippen LogP contribution in [0.5, 0.6) is 0 Å². The fraction of sp³-hybridized carbons (Fsp3) is 0.323. The molecule has 0 saturated carbocycles. The number of pyridine rings is 2. The molecule has 0 bridgehead atoms. The van der Waals surface area contributed by atoms with Gasteiger partial charge in [-0.15, -0.1) is 0 Å². The van der Waals surface area contributed by atoms with Crippen molar-refractivity contribution in [2.45, 2.75) is 62.2 Å². The van der Waals surface area contributed by atoms with Gasteiger partial charge in [0.2, 0.25) is 5.91 Å². The minimum absolute atomic E-state index is 0.0690. The summed E-state index contributed by atoms with van der Waals surface area (Å²) in [7, 11) is 0. The van der Waals surface area contributed by atoms with Crippen LogP contribution in [-0.2, 0) is 36.0 Å². The van der Waals surface area contributed by atoms with Crippen molar-refractivity contribution in [3.05, 3.63) is 106 Å². The molecule has 226 valence electrons. The number of carbonyl (C=O) groups excluding carboxylic acids is 2. The van der Waals surface area contributed by atoms with Crippen LogP contribution in [0, 0.1) is 11.6 Å². The highest BCUT2D eigenvalue weighted by Gasteiger charge is 2.51. The molecule has 1 spiro atoms. The maximum atomic E-state index is 14.8. The minimum Gasteiger partial charge on any atom is -0.342 e. The molecule has 2 amide bonds. The van der Waals surface area contributed by atoms with Crippen LogP contribution >= 0.6 is 0 Å². The topological polar surface area (TPSA) is 102 Å². The lowest BCUT2D eigenvalue weighted by atomic mass is 9.80. The predicted octanol–water partition coefficient (Wildman–Crippen LogP) is 5.09. The first-order valence-corrected chi connectivity index (χ1v) is 14.1. The van der Waals surface area contributed by atoms with Gasteiger partial charge >= 0.3 is 6.18 Å². The van der Waals surface area contributed by atoms with E-state index >= 15 is 0 Å². The van der Waals surface area contributed by atoms with Crippen LogP contribution in [0.25, 0.3) is 0 Å². The summed E-state index contributed by atoms with van der Waals surface area (Å²) >= 11 is 0. The molecule has 7 rings (SSSR count). The van der Waals surface area contributed by atoms with Gasteiger partial charge in [-0.25, -0.2) is 18.7 Å². The number of rotatable bonds is 5. The number of anilines is 1. The van der Waals surface area contributed by atoms with E-state index in [1.165, 1.54) is 24.5 Å². The van der Waals surface area contributed by atoms with E-state index in [0.717, 1.165) is 17.2 Å². The lowest BCUT2D eigenvalue weighted by Crippen LogP contribution is -2.36. The number of halogens is 5. The molecule has 5 heterocycles. The van der Waals surface area contributed by atoms with E-state index in [4.69, 9.17) is 0 Å². The van der Waals surface area contributed by atoms with Gasteiger partial charge in [-0.2, -0.15) is 13.2 Å². The third kappa shape index (κ3) is 4.70. The second-order valence-corrected chi connectivity index (χ2v) is 11.6. The molecule has 3 aliphatic rings. The number of aryl methyl sites for hydroxylation is 1. The van der Waals surface area contributed by atoms with E-state index in [-0.39, 0.29) is 42.1 Å². The Labute approximate surface area is 247 Å². The van der Waals surface area contributed by atoms with Gasteiger partial charge in [0.05, 0.1) is 17.0 Å². The zero-order valence-electron chi connectivity index (χ0n) is 23.1. The Kier molecular flexibility index (Phi) is 6.52. The van der Waals surface area contributed by atoms with Crippen molar-refractivity contribution in [3.63, 3.8) is 0 Å². The highest BCUT2D eigenvalue weighted by atomic mass is 19.4. The first-order valence-electron chi connectivity index (χ1n) is 14.1. The highest BCUT2D eigenvalue weighted by molar-refractivity contribution is 6.06. The average Bonchev–Trinajstić information content (AvgIpc) is 3.66. The molecule has 44 heavy (non-hydrogen) atoms. The van der Waals surface area contributed by atoms with Crippen molar-refractivity contribution in [2.24, 2.45) is 0 Å². The number of imidazole rings is 1. The maximum absolute atomic E-state index is 14.8. The van der Waals surface area contributed by atoms with Crippen LogP contribution in [0.1, 0.15) is 69.1 Å². The highest BCUT2D eigenvalue weighted by Crippen LogP contribution is 2.46. The van der Waals surface area contributed by atoms with E-state index < -0.39 is 47.5 Å². The number of carbonyl (C=O) groups is 2. The maximum Gasteiger partial charge on any atom is 0.389 e. The number of amides is 2. The Morgan fingerprint density at radius 1 is 1.09 bits per heavy atom. The molecule has 13 heteroatoms. The third-order valence-electron chi connectivity index (χ3n) is 8.87. The summed E-state index contributed by atoms with van der Waals surface area (Å²) in [6, 6.07) is 8.30. The molecule has 3 atom stereocenters. The number of nitrogens with zero attached hydrogens (tertiary/aromatic N) is 4. The number of nitrogens with one attached hydrogen (secondary N) is 2. The number of aromatic nitrogens is 4. The van der Waals surface area contributed by atoms with Crippen LogP contribution in [0.4, 0.5) is 27.8 Å². The van der Waals surface area contributed by atoms with E-state index in [1.54, 1.807) is 22.9 Å². The molecule has 3 aromatic heterocycles. The first kappa shape index (κ1) is 28.1. The molecule has 1 unspecified atom stereocenters. The van der Waals surface area contributed by atoms with Crippen LogP contribution in [0.3, 0.4) is 0 Å². The summed E-state index contributed by atoms with van der Waals surface area (Å²) in [6.45, 7) is 0.0795. The fourth-order valence-electron chi connectivity index (χ4n) is 6.74. The lowest BCUT2D eigenvalue weighted by Gasteiger charge is -2.32. The Hall–Kier alpha value is -4.68. The van der Waals surface area contributed by atoms with E-state index in [9.17, 15) is 31.5 Å². The van der Waals surface area contributed by atoms with Crippen LogP contribution in [0.15, 0.2) is 55.0 Å². The summed E-state index contributed by atoms with van der Waals surface area (Å²) in [6.07, 6.45) is -0.630. The summed E-state index contributed by atoms with van der Waals surface area (Å²) in [5.41, 5.74) is 1.92. The van der Waals surface area contributed by atoms with E-state index in [0.29, 0.717) is 30.2 Å². The van der Waals surface area contributed by atoms with Crippen molar-refractivity contribution in [1.82, 2.24) is 24.8 Å². The molecule has 8 nitrogen and oxygen atoms in total. The van der Waals surface area contributed by atoms with E-state index in [2.05, 4.69) is 25.6 Å². The van der Waals surface area contributed by atoms with Gasteiger partial charge in [0.15, 0.2) is 11.6 Å². The van der Waals surface area contributed by atoms with Gasteiger partial charge in [-0.3, -0.25) is 14.6 Å². The number of hydrogen-bond donors (Lipinski definition) is 2. The van der Waals surface area contributed by atoms with Gasteiger partial charge in [-0.1, -0.05) is 18.2 Å². The molecule has 2 N–H and O–H groups in total. The standard InChI is InChI=1S/C31H25F5N6O2/c32-22-5-1-3-20(25(22)33)18-10-23(27-39-14-19(42(27)15-18)6-7-31(34,35)36)40-28(43)17-9-16-11-30(12-24(16)38-13-17)21-4-2-8-37-26(21)41-29(30)44/h1-5,8-9,13-14,18,23H,6-7,10-12,15H2,(H,40,43)(H,37,41,44)/t18-,23+,30?/m1/s1. The normalized spacial score (nSPS) is 22.0. The Morgan fingerprint density at radius 2 is 1.93 bits per heavy atom. The summed E-state index contributed by atoms with van der Waals surface area (Å²) in [4.78, 5) is 39.7. The number of benzene rings is 1. The van der Waals surface area contributed by atoms with Crippen molar-refractivity contribution in [1.29, 1.82) is 0 Å². The van der Waals surface area contributed by atoms with Crippen LogP contribution < -0.4 is 10.6 Å². The van der Waals surface area contributed by atoms with Gasteiger partial charge < -0.3 is 15.2 Å².